The van der Waals surface area contributed by atoms with E-state index in [1.54, 1.807) is 0 Å². The maximum atomic E-state index is 12.6. The number of para-hydroxylation sites is 1. The average Bonchev–Trinajstić information content (AvgIpc) is 3.39. The predicted octanol–water partition coefficient (Wildman–Crippen LogP) is 6.68. The topological polar surface area (TPSA) is 55.1 Å². The van der Waals surface area contributed by atoms with Crippen LogP contribution in [0.5, 0.6) is 0 Å². The number of hydrogen-bond donors (Lipinski definition) is 1. The van der Waals surface area contributed by atoms with E-state index >= 15 is 0 Å². The van der Waals surface area contributed by atoms with Gasteiger partial charge < -0.3 is 4.42 Å². The van der Waals surface area contributed by atoms with Crippen molar-refractivity contribution in [2.45, 2.75) is 0 Å². The van der Waals surface area contributed by atoms with Crippen molar-refractivity contribution in [3.8, 4) is 11.5 Å². The molecule has 3 heterocycles. The zero-order chi connectivity index (χ0) is 18.4. The van der Waals surface area contributed by atoms with Crippen molar-refractivity contribution in [2.75, 3.05) is 5.32 Å². The van der Waals surface area contributed by atoms with Crippen LogP contribution in [0.1, 0.15) is 9.67 Å². The van der Waals surface area contributed by atoms with Gasteiger partial charge in [-0.15, -0.1) is 22.7 Å². The number of fused-ring (bicyclic) bond motifs is 2. The van der Waals surface area contributed by atoms with Gasteiger partial charge in [0.15, 0.2) is 10.9 Å². The van der Waals surface area contributed by atoms with Gasteiger partial charge >= 0.3 is 0 Å². The molecule has 0 fully saturated rings. The lowest BCUT2D eigenvalue weighted by Crippen LogP contribution is -2.10. The molecule has 0 spiro atoms. The van der Waals surface area contributed by atoms with Crippen molar-refractivity contribution in [1.29, 1.82) is 0 Å². The maximum absolute atomic E-state index is 12.6. The summed E-state index contributed by atoms with van der Waals surface area (Å²) < 4.78 is 6.81. The van der Waals surface area contributed by atoms with Gasteiger partial charge in [0.2, 0.25) is 0 Å². The molecule has 3 aromatic heterocycles. The second-order valence-electron chi connectivity index (χ2n) is 5.88. The number of thiazole rings is 1. The third kappa shape index (κ3) is 2.92. The van der Waals surface area contributed by atoms with E-state index in [0.717, 1.165) is 21.1 Å². The third-order valence-electron chi connectivity index (χ3n) is 4.14. The normalized spacial score (nSPS) is 11.3. The molecule has 5 aromatic rings. The number of nitrogens with one attached hydrogen (secondary N) is 1. The van der Waals surface area contributed by atoms with E-state index in [0.29, 0.717) is 26.5 Å². The third-order valence-corrected chi connectivity index (χ3v) is 6.58. The molecule has 2 aromatic carbocycles. The monoisotopic (exact) mass is 410 g/mol. The lowest BCUT2D eigenvalue weighted by molar-refractivity contribution is 0.103. The Labute approximate surface area is 167 Å². The number of rotatable bonds is 3. The SMILES string of the molecule is O=C(Nc1nc(-c2cc3ccccc3o2)cs1)c1sc2ccccc2c1Cl. The molecule has 0 unspecified atom stereocenters. The van der Waals surface area contributed by atoms with Crippen molar-refractivity contribution in [1.82, 2.24) is 4.98 Å². The Morgan fingerprint density at radius 2 is 1.93 bits per heavy atom. The number of halogens is 1. The Bertz CT molecular complexity index is 1270. The maximum Gasteiger partial charge on any atom is 0.269 e. The quantitative estimate of drug-likeness (QED) is 0.361. The van der Waals surface area contributed by atoms with E-state index in [2.05, 4.69) is 10.3 Å². The molecular weight excluding hydrogens is 400 g/mol. The zero-order valence-electron chi connectivity index (χ0n) is 13.7. The van der Waals surface area contributed by atoms with Gasteiger partial charge in [0.1, 0.15) is 16.2 Å². The van der Waals surface area contributed by atoms with Crippen LogP contribution in [0.2, 0.25) is 5.02 Å². The van der Waals surface area contributed by atoms with E-state index < -0.39 is 0 Å². The van der Waals surface area contributed by atoms with Crippen molar-refractivity contribution in [2.24, 2.45) is 0 Å². The first kappa shape index (κ1) is 16.5. The van der Waals surface area contributed by atoms with E-state index in [4.69, 9.17) is 16.0 Å². The first-order chi connectivity index (χ1) is 13.2. The molecule has 132 valence electrons. The number of nitrogens with zero attached hydrogens (tertiary/aromatic N) is 1. The molecule has 0 aliphatic heterocycles. The molecule has 0 radical (unpaired) electrons. The summed E-state index contributed by atoms with van der Waals surface area (Å²) in [5, 5.41) is 7.58. The van der Waals surface area contributed by atoms with Crippen LogP contribution in [0, 0.1) is 0 Å². The number of amides is 1. The number of hydrogen-bond acceptors (Lipinski definition) is 5. The van der Waals surface area contributed by atoms with E-state index in [1.165, 1.54) is 22.7 Å². The van der Waals surface area contributed by atoms with E-state index in [-0.39, 0.29) is 5.91 Å². The molecule has 0 bridgehead atoms. The highest BCUT2D eigenvalue weighted by Crippen LogP contribution is 2.36. The Balaban J connectivity index is 1.42. The van der Waals surface area contributed by atoms with Crippen molar-refractivity contribution in [3.63, 3.8) is 0 Å². The van der Waals surface area contributed by atoms with Gasteiger partial charge in [0, 0.05) is 20.9 Å². The van der Waals surface area contributed by atoms with Crippen LogP contribution in [0.4, 0.5) is 5.13 Å². The molecule has 0 aliphatic rings. The highest BCUT2D eigenvalue weighted by molar-refractivity contribution is 7.21. The largest absolute Gasteiger partial charge is 0.454 e. The lowest BCUT2D eigenvalue weighted by Gasteiger charge is -1.99. The van der Waals surface area contributed by atoms with Crippen LogP contribution in [0.25, 0.3) is 32.5 Å². The summed E-state index contributed by atoms with van der Waals surface area (Å²) in [6, 6.07) is 17.4. The van der Waals surface area contributed by atoms with Gasteiger partial charge in [0.05, 0.1) is 5.02 Å². The summed E-state index contributed by atoms with van der Waals surface area (Å²) in [5.41, 5.74) is 1.50. The van der Waals surface area contributed by atoms with Crippen LogP contribution in [0.15, 0.2) is 64.4 Å². The highest BCUT2D eigenvalue weighted by Gasteiger charge is 2.18. The van der Waals surface area contributed by atoms with Crippen LogP contribution >= 0.6 is 34.3 Å². The zero-order valence-corrected chi connectivity index (χ0v) is 16.1. The van der Waals surface area contributed by atoms with E-state index in [9.17, 15) is 4.79 Å². The molecule has 0 saturated carbocycles. The number of furan rings is 1. The van der Waals surface area contributed by atoms with Crippen LogP contribution < -0.4 is 5.32 Å². The van der Waals surface area contributed by atoms with Crippen LogP contribution in [-0.4, -0.2) is 10.9 Å². The minimum Gasteiger partial charge on any atom is -0.454 e. The van der Waals surface area contributed by atoms with Crippen molar-refractivity contribution >= 4 is 66.4 Å². The Morgan fingerprint density at radius 1 is 1.11 bits per heavy atom. The molecule has 1 N–H and O–H groups in total. The molecule has 7 heteroatoms. The second kappa shape index (κ2) is 6.49. The van der Waals surface area contributed by atoms with Crippen molar-refractivity contribution in [3.05, 3.63) is 69.9 Å². The highest BCUT2D eigenvalue weighted by atomic mass is 35.5. The predicted molar refractivity (Wildman–Crippen MR) is 112 cm³/mol. The van der Waals surface area contributed by atoms with Crippen LogP contribution in [-0.2, 0) is 0 Å². The first-order valence-electron chi connectivity index (χ1n) is 8.12. The summed E-state index contributed by atoms with van der Waals surface area (Å²) in [6.07, 6.45) is 0. The number of carbonyl (C=O) groups is 1. The van der Waals surface area contributed by atoms with Gasteiger partial charge in [-0.3, -0.25) is 10.1 Å². The van der Waals surface area contributed by atoms with E-state index in [1.807, 2.05) is 60.0 Å². The number of benzene rings is 2. The summed E-state index contributed by atoms with van der Waals surface area (Å²) >= 11 is 9.10. The average molecular weight is 411 g/mol. The first-order valence-corrected chi connectivity index (χ1v) is 10.2. The summed E-state index contributed by atoms with van der Waals surface area (Å²) in [7, 11) is 0. The van der Waals surface area contributed by atoms with Gasteiger partial charge in [0.25, 0.3) is 5.91 Å². The second-order valence-corrected chi connectivity index (χ2v) is 8.17. The summed E-state index contributed by atoms with van der Waals surface area (Å²) in [4.78, 5) is 17.6. The molecule has 0 atom stereocenters. The Kier molecular flexibility index (Phi) is 3.97. The molecule has 0 saturated heterocycles. The number of anilines is 1. The van der Waals surface area contributed by atoms with Gasteiger partial charge in [-0.05, 0) is 18.2 Å². The lowest BCUT2D eigenvalue weighted by atomic mass is 10.2. The minimum absolute atomic E-state index is 0.258. The smallest absolute Gasteiger partial charge is 0.269 e. The Morgan fingerprint density at radius 3 is 2.78 bits per heavy atom. The van der Waals surface area contributed by atoms with Crippen molar-refractivity contribution < 1.29 is 9.21 Å². The fraction of sp³-hybridized carbons (Fsp3) is 0. The van der Waals surface area contributed by atoms with Gasteiger partial charge in [-0.1, -0.05) is 48.0 Å². The number of thiophene rings is 1. The van der Waals surface area contributed by atoms with Gasteiger partial charge in [-0.2, -0.15) is 0 Å². The van der Waals surface area contributed by atoms with Crippen LogP contribution in [0.3, 0.4) is 0 Å². The standard InChI is InChI=1S/C20H11ClN2O2S2/c21-17-12-6-2-4-8-16(12)27-18(17)19(24)23-20-22-13(10-26-20)15-9-11-5-1-3-7-14(11)25-15/h1-10H,(H,22,23,24). The number of aromatic nitrogens is 1. The molecular formula is C20H11ClN2O2S2. The fourth-order valence-electron chi connectivity index (χ4n) is 2.87. The molecule has 4 nitrogen and oxygen atoms in total. The van der Waals surface area contributed by atoms with Gasteiger partial charge in [-0.25, -0.2) is 4.98 Å². The minimum atomic E-state index is -0.258. The molecule has 0 aliphatic carbocycles. The summed E-state index contributed by atoms with van der Waals surface area (Å²) in [6.45, 7) is 0. The molecule has 1 amide bonds. The molecule has 27 heavy (non-hydrogen) atoms. The number of carbonyl (C=O) groups excluding carboxylic acids is 1. The fourth-order valence-corrected chi connectivity index (χ4v) is 4.97. The Hall–Kier alpha value is -2.67. The summed E-state index contributed by atoms with van der Waals surface area (Å²) in [5.74, 6) is 0.416. The molecule has 5 rings (SSSR count).